The second-order valence-electron chi connectivity index (χ2n) is 4.74. The summed E-state index contributed by atoms with van der Waals surface area (Å²) in [6, 6.07) is 9.49. The van der Waals surface area contributed by atoms with Crippen molar-refractivity contribution >= 4 is 11.9 Å². The van der Waals surface area contributed by atoms with Crippen LogP contribution in [0.2, 0.25) is 0 Å². The molecule has 0 fully saturated rings. The summed E-state index contributed by atoms with van der Waals surface area (Å²) in [5, 5.41) is 2.82. The van der Waals surface area contributed by atoms with Crippen molar-refractivity contribution in [2.24, 2.45) is 0 Å². The molecular weight excluding hydrogens is 254 g/mol. The number of esters is 1. The summed E-state index contributed by atoms with van der Waals surface area (Å²) in [5.41, 5.74) is 0.897. The molecule has 20 heavy (non-hydrogen) atoms. The van der Waals surface area contributed by atoms with Crippen LogP contribution in [0.1, 0.15) is 37.4 Å². The third-order valence-corrected chi connectivity index (χ3v) is 3.15. The number of carbonyl (C=O) groups is 2. The van der Waals surface area contributed by atoms with Gasteiger partial charge in [0.1, 0.15) is 6.10 Å². The molecule has 0 saturated carbocycles. The molecule has 0 spiro atoms. The molecule has 0 bridgehead atoms. The van der Waals surface area contributed by atoms with Crippen molar-refractivity contribution in [2.75, 3.05) is 6.54 Å². The van der Waals surface area contributed by atoms with E-state index in [4.69, 9.17) is 4.74 Å². The molecule has 0 aliphatic carbocycles. The molecule has 1 atom stereocenters. The van der Waals surface area contributed by atoms with Gasteiger partial charge in [0.25, 0.3) is 0 Å². The van der Waals surface area contributed by atoms with E-state index in [9.17, 15) is 9.59 Å². The standard InChI is InChI=1S/C16H19NO3/c18-15-10-6-1-2-7-11-16(19)20-14(12-17-15)13-8-4-3-5-9-13/h1-5,8-9,14H,6-7,10-12H2,(H,17,18)/b2-1+. The summed E-state index contributed by atoms with van der Waals surface area (Å²) in [6.45, 7) is 0.318. The number of carbonyl (C=O) groups excluding carboxylic acids is 2. The lowest BCUT2D eigenvalue weighted by Crippen LogP contribution is -2.30. The first-order chi connectivity index (χ1) is 9.75. The average Bonchev–Trinajstić information content (AvgIpc) is 2.46. The fourth-order valence-electron chi connectivity index (χ4n) is 2.06. The van der Waals surface area contributed by atoms with Gasteiger partial charge in [-0.25, -0.2) is 0 Å². The van der Waals surface area contributed by atoms with Gasteiger partial charge in [0, 0.05) is 12.8 Å². The fourth-order valence-corrected chi connectivity index (χ4v) is 2.06. The number of nitrogens with one attached hydrogen (secondary N) is 1. The van der Waals surface area contributed by atoms with E-state index in [-0.39, 0.29) is 11.9 Å². The van der Waals surface area contributed by atoms with E-state index in [1.165, 1.54) is 0 Å². The van der Waals surface area contributed by atoms with E-state index < -0.39 is 6.10 Å². The van der Waals surface area contributed by atoms with Crippen molar-refractivity contribution < 1.29 is 14.3 Å². The highest BCUT2D eigenvalue weighted by Gasteiger charge is 2.17. The highest BCUT2D eigenvalue weighted by Crippen LogP contribution is 2.18. The molecule has 1 aromatic rings. The Morgan fingerprint density at radius 1 is 1.00 bits per heavy atom. The smallest absolute Gasteiger partial charge is 0.306 e. The van der Waals surface area contributed by atoms with Crippen LogP contribution in [-0.4, -0.2) is 18.4 Å². The van der Waals surface area contributed by atoms with Gasteiger partial charge in [-0.05, 0) is 18.4 Å². The molecule has 0 aromatic heterocycles. The highest BCUT2D eigenvalue weighted by molar-refractivity contribution is 5.76. The molecule has 1 aliphatic heterocycles. The summed E-state index contributed by atoms with van der Waals surface area (Å²) in [4.78, 5) is 23.5. The molecule has 0 saturated heterocycles. The minimum absolute atomic E-state index is 0.0211. The number of benzene rings is 1. The number of hydrogen-bond acceptors (Lipinski definition) is 3. The van der Waals surface area contributed by atoms with Gasteiger partial charge < -0.3 is 10.1 Å². The van der Waals surface area contributed by atoms with Crippen LogP contribution in [0.3, 0.4) is 0 Å². The molecule has 4 heteroatoms. The van der Waals surface area contributed by atoms with Gasteiger partial charge in [-0.1, -0.05) is 42.5 Å². The Morgan fingerprint density at radius 2 is 1.70 bits per heavy atom. The maximum atomic E-state index is 11.8. The Bertz CT molecular complexity index is 482. The highest BCUT2D eigenvalue weighted by atomic mass is 16.5. The second-order valence-corrected chi connectivity index (χ2v) is 4.74. The molecule has 1 amide bonds. The minimum Gasteiger partial charge on any atom is -0.456 e. The first kappa shape index (κ1) is 14.3. The molecule has 2 rings (SSSR count). The first-order valence-corrected chi connectivity index (χ1v) is 6.92. The summed E-state index contributed by atoms with van der Waals surface area (Å²) in [5.74, 6) is -0.259. The topological polar surface area (TPSA) is 55.4 Å². The van der Waals surface area contributed by atoms with Crippen molar-refractivity contribution in [2.45, 2.75) is 31.8 Å². The number of cyclic esters (lactones) is 1. The molecule has 0 radical (unpaired) electrons. The Labute approximate surface area is 118 Å². The largest absolute Gasteiger partial charge is 0.456 e. The zero-order chi connectivity index (χ0) is 14.2. The van der Waals surface area contributed by atoms with Crippen molar-refractivity contribution in [3.63, 3.8) is 0 Å². The average molecular weight is 273 g/mol. The number of hydrogen-bond donors (Lipinski definition) is 1. The summed E-state index contributed by atoms with van der Waals surface area (Å²) < 4.78 is 5.47. The van der Waals surface area contributed by atoms with Crippen LogP contribution in [-0.2, 0) is 14.3 Å². The van der Waals surface area contributed by atoms with Gasteiger partial charge in [0.2, 0.25) is 5.91 Å². The predicted octanol–water partition coefficient (Wildman–Crippen LogP) is 2.52. The lowest BCUT2D eigenvalue weighted by molar-refractivity contribution is -0.149. The number of ether oxygens (including phenoxy) is 1. The SMILES string of the molecule is O=C1CC/C=C/CCC(=O)OC(c2ccccc2)CN1. The van der Waals surface area contributed by atoms with E-state index in [1.54, 1.807) is 0 Å². The third kappa shape index (κ3) is 4.53. The molecule has 1 N–H and O–H groups in total. The monoisotopic (exact) mass is 273 g/mol. The Morgan fingerprint density at radius 3 is 2.45 bits per heavy atom. The molecule has 4 nitrogen and oxygen atoms in total. The zero-order valence-electron chi connectivity index (χ0n) is 11.4. The zero-order valence-corrected chi connectivity index (χ0v) is 11.4. The van der Waals surface area contributed by atoms with Gasteiger partial charge in [-0.2, -0.15) is 0 Å². The van der Waals surface area contributed by atoms with Gasteiger partial charge in [0.05, 0.1) is 6.54 Å². The van der Waals surface area contributed by atoms with Crippen molar-refractivity contribution in [1.29, 1.82) is 0 Å². The van der Waals surface area contributed by atoms with Gasteiger partial charge in [-0.3, -0.25) is 9.59 Å². The van der Waals surface area contributed by atoms with Crippen LogP contribution in [0.25, 0.3) is 0 Å². The number of rotatable bonds is 1. The quantitative estimate of drug-likeness (QED) is 0.632. The van der Waals surface area contributed by atoms with Crippen LogP contribution < -0.4 is 5.32 Å². The lowest BCUT2D eigenvalue weighted by Gasteiger charge is -2.19. The van der Waals surface area contributed by atoms with E-state index >= 15 is 0 Å². The van der Waals surface area contributed by atoms with Crippen molar-refractivity contribution in [3.05, 3.63) is 48.0 Å². The third-order valence-electron chi connectivity index (χ3n) is 3.15. The summed E-state index contributed by atoms with van der Waals surface area (Å²) >= 11 is 0. The molecular formula is C16H19NO3. The van der Waals surface area contributed by atoms with E-state index in [0.717, 1.165) is 5.56 Å². The number of allylic oxidation sites excluding steroid dienone is 2. The normalized spacial score (nSPS) is 22.9. The van der Waals surface area contributed by atoms with E-state index in [2.05, 4.69) is 5.32 Å². The second kappa shape index (κ2) is 7.48. The van der Waals surface area contributed by atoms with Crippen LogP contribution in [0.4, 0.5) is 0 Å². The van der Waals surface area contributed by atoms with Crippen LogP contribution >= 0.6 is 0 Å². The molecule has 106 valence electrons. The lowest BCUT2D eigenvalue weighted by atomic mass is 10.1. The van der Waals surface area contributed by atoms with Gasteiger partial charge in [-0.15, -0.1) is 0 Å². The Kier molecular flexibility index (Phi) is 5.35. The Balaban J connectivity index is 2.09. The summed E-state index contributed by atoms with van der Waals surface area (Å²) in [6.07, 6.45) is 5.63. The molecule has 1 unspecified atom stereocenters. The van der Waals surface area contributed by atoms with Crippen LogP contribution in [0.5, 0.6) is 0 Å². The fraction of sp³-hybridized carbons (Fsp3) is 0.375. The van der Waals surface area contributed by atoms with E-state index in [0.29, 0.717) is 32.2 Å². The molecule has 1 aromatic carbocycles. The summed E-state index contributed by atoms with van der Waals surface area (Å²) in [7, 11) is 0. The number of amides is 1. The van der Waals surface area contributed by atoms with Gasteiger partial charge >= 0.3 is 5.97 Å². The van der Waals surface area contributed by atoms with Gasteiger partial charge in [0.15, 0.2) is 0 Å². The Hall–Kier alpha value is -2.10. The van der Waals surface area contributed by atoms with E-state index in [1.807, 2.05) is 42.5 Å². The van der Waals surface area contributed by atoms with Crippen LogP contribution in [0.15, 0.2) is 42.5 Å². The van der Waals surface area contributed by atoms with Crippen molar-refractivity contribution in [3.8, 4) is 0 Å². The predicted molar refractivity (Wildman–Crippen MR) is 75.9 cm³/mol. The molecule has 1 heterocycles. The first-order valence-electron chi connectivity index (χ1n) is 6.92. The van der Waals surface area contributed by atoms with Crippen LogP contribution in [0, 0.1) is 0 Å². The van der Waals surface area contributed by atoms with Crippen molar-refractivity contribution in [1.82, 2.24) is 5.32 Å². The maximum Gasteiger partial charge on any atom is 0.306 e. The maximum absolute atomic E-state index is 11.8. The molecule has 1 aliphatic rings. The minimum atomic E-state index is -0.420.